The van der Waals surface area contributed by atoms with Crippen LogP contribution in [0.15, 0.2) is 17.2 Å². The maximum absolute atomic E-state index is 12.5. The molecule has 2 rings (SSSR count). The minimum absolute atomic E-state index is 0.0269. The van der Waals surface area contributed by atoms with E-state index >= 15 is 0 Å². The third kappa shape index (κ3) is 4.08. The van der Waals surface area contributed by atoms with E-state index < -0.39 is 10.0 Å². The van der Waals surface area contributed by atoms with E-state index in [9.17, 15) is 8.42 Å². The molecular formula is C15H27N3O2S. The molecule has 21 heavy (non-hydrogen) atoms. The Labute approximate surface area is 128 Å². The molecule has 1 aromatic heterocycles. The molecule has 3 N–H and O–H groups in total. The van der Waals surface area contributed by atoms with Crippen molar-refractivity contribution in [3.8, 4) is 0 Å². The van der Waals surface area contributed by atoms with Crippen molar-refractivity contribution in [2.75, 3.05) is 6.54 Å². The zero-order chi connectivity index (χ0) is 15.5. The normalized spacial score (nSPS) is 21.8. The van der Waals surface area contributed by atoms with Gasteiger partial charge in [-0.2, -0.15) is 0 Å². The van der Waals surface area contributed by atoms with Gasteiger partial charge in [-0.15, -0.1) is 0 Å². The van der Waals surface area contributed by atoms with Crippen molar-refractivity contribution in [2.45, 2.75) is 63.9 Å². The molecule has 0 spiro atoms. The summed E-state index contributed by atoms with van der Waals surface area (Å²) in [7, 11) is -3.43. The van der Waals surface area contributed by atoms with Crippen LogP contribution in [-0.2, 0) is 16.6 Å². The molecule has 1 aliphatic carbocycles. The molecule has 0 amide bonds. The Hall–Kier alpha value is -0.850. The lowest BCUT2D eigenvalue weighted by molar-refractivity contribution is 0.313. The van der Waals surface area contributed by atoms with Gasteiger partial charge in [-0.25, -0.2) is 13.1 Å². The van der Waals surface area contributed by atoms with Gasteiger partial charge in [-0.1, -0.05) is 27.2 Å². The lowest BCUT2D eigenvalue weighted by Gasteiger charge is -2.27. The van der Waals surface area contributed by atoms with E-state index in [0.29, 0.717) is 11.4 Å². The highest BCUT2D eigenvalue weighted by molar-refractivity contribution is 7.89. The Morgan fingerprint density at radius 2 is 2.19 bits per heavy atom. The standard InChI is InChI=1S/C15H27N3O2S/c1-4-8-16-10-12-9-13(11-17-12)21(19,20)18-14-6-5-7-15(14,2)3/h9,11,14,16-18H,4-8,10H2,1-3H3. The molecular weight excluding hydrogens is 286 g/mol. The predicted molar refractivity (Wildman–Crippen MR) is 84.5 cm³/mol. The minimum Gasteiger partial charge on any atom is -0.363 e. The van der Waals surface area contributed by atoms with Crippen LogP contribution in [0.5, 0.6) is 0 Å². The monoisotopic (exact) mass is 313 g/mol. The van der Waals surface area contributed by atoms with E-state index in [1.165, 1.54) is 0 Å². The first kappa shape index (κ1) is 16.5. The number of hydrogen-bond donors (Lipinski definition) is 3. The zero-order valence-corrected chi connectivity index (χ0v) is 14.0. The predicted octanol–water partition coefficient (Wildman–Crippen LogP) is 2.37. The van der Waals surface area contributed by atoms with Crippen LogP contribution in [0.1, 0.15) is 52.1 Å². The fourth-order valence-electron chi connectivity index (χ4n) is 2.88. The lowest BCUT2D eigenvalue weighted by Crippen LogP contribution is -2.41. The van der Waals surface area contributed by atoms with Crippen LogP contribution < -0.4 is 10.0 Å². The number of aromatic nitrogens is 1. The van der Waals surface area contributed by atoms with Gasteiger partial charge in [0.2, 0.25) is 10.0 Å². The number of hydrogen-bond acceptors (Lipinski definition) is 3. The van der Waals surface area contributed by atoms with E-state index in [4.69, 9.17) is 0 Å². The van der Waals surface area contributed by atoms with Crippen LogP contribution in [0.25, 0.3) is 0 Å². The molecule has 5 nitrogen and oxygen atoms in total. The highest BCUT2D eigenvalue weighted by Crippen LogP contribution is 2.37. The van der Waals surface area contributed by atoms with Gasteiger partial charge in [0.05, 0.1) is 4.90 Å². The third-order valence-electron chi connectivity index (χ3n) is 4.32. The fraction of sp³-hybridized carbons (Fsp3) is 0.733. The Morgan fingerprint density at radius 3 is 2.81 bits per heavy atom. The van der Waals surface area contributed by atoms with Crippen molar-refractivity contribution in [3.05, 3.63) is 18.0 Å². The summed E-state index contributed by atoms with van der Waals surface area (Å²) in [5.41, 5.74) is 0.934. The second kappa shape index (κ2) is 6.50. The van der Waals surface area contributed by atoms with Gasteiger partial charge in [-0.3, -0.25) is 0 Å². The Bertz CT molecular complexity index is 563. The van der Waals surface area contributed by atoms with Gasteiger partial charge in [0, 0.05) is 24.5 Å². The smallest absolute Gasteiger partial charge is 0.242 e. The first-order valence-electron chi connectivity index (χ1n) is 7.75. The van der Waals surface area contributed by atoms with Crippen molar-refractivity contribution in [3.63, 3.8) is 0 Å². The summed E-state index contributed by atoms with van der Waals surface area (Å²) >= 11 is 0. The molecule has 0 aromatic carbocycles. The number of rotatable bonds is 7. The average Bonchev–Trinajstić information content (AvgIpc) is 2.98. The number of nitrogens with one attached hydrogen (secondary N) is 3. The topological polar surface area (TPSA) is 74.0 Å². The van der Waals surface area contributed by atoms with Gasteiger partial charge in [-0.05, 0) is 37.3 Å². The van der Waals surface area contributed by atoms with Crippen LogP contribution in [0.2, 0.25) is 0 Å². The number of aromatic amines is 1. The van der Waals surface area contributed by atoms with E-state index in [0.717, 1.165) is 37.9 Å². The van der Waals surface area contributed by atoms with Gasteiger partial charge in [0.25, 0.3) is 0 Å². The Morgan fingerprint density at radius 1 is 1.43 bits per heavy atom. The summed E-state index contributed by atoms with van der Waals surface area (Å²) in [4.78, 5) is 3.37. The second-order valence-corrected chi connectivity index (χ2v) is 8.31. The molecule has 0 aliphatic heterocycles. The molecule has 1 heterocycles. The third-order valence-corrected chi connectivity index (χ3v) is 5.77. The largest absolute Gasteiger partial charge is 0.363 e. The summed E-state index contributed by atoms with van der Waals surface area (Å²) in [6.45, 7) is 7.95. The summed E-state index contributed by atoms with van der Waals surface area (Å²) in [5, 5.41) is 3.26. The summed E-state index contributed by atoms with van der Waals surface area (Å²) in [5.74, 6) is 0. The first-order valence-corrected chi connectivity index (χ1v) is 9.24. The SMILES string of the molecule is CCCNCc1cc(S(=O)(=O)NC2CCCC2(C)C)c[nH]1. The molecule has 1 atom stereocenters. The van der Waals surface area contributed by atoms with Crippen molar-refractivity contribution in [2.24, 2.45) is 5.41 Å². The number of H-pyrrole nitrogens is 1. The Balaban J connectivity index is 2.02. The maximum atomic E-state index is 12.5. The molecule has 1 unspecified atom stereocenters. The molecule has 1 fully saturated rings. The fourth-order valence-corrected chi connectivity index (χ4v) is 4.34. The van der Waals surface area contributed by atoms with Gasteiger partial charge < -0.3 is 10.3 Å². The first-order chi connectivity index (χ1) is 9.85. The van der Waals surface area contributed by atoms with Gasteiger partial charge in [0.1, 0.15) is 0 Å². The second-order valence-electron chi connectivity index (χ2n) is 6.59. The van der Waals surface area contributed by atoms with Crippen molar-refractivity contribution in [1.29, 1.82) is 0 Å². The van der Waals surface area contributed by atoms with Gasteiger partial charge >= 0.3 is 0 Å². The molecule has 1 aliphatic rings. The van der Waals surface area contributed by atoms with E-state index in [2.05, 4.69) is 35.8 Å². The summed E-state index contributed by atoms with van der Waals surface area (Å²) in [6, 6.07) is 1.74. The highest BCUT2D eigenvalue weighted by atomic mass is 32.2. The quantitative estimate of drug-likeness (QED) is 0.677. The lowest BCUT2D eigenvalue weighted by atomic mass is 9.88. The van der Waals surface area contributed by atoms with Crippen LogP contribution in [0, 0.1) is 5.41 Å². The van der Waals surface area contributed by atoms with E-state index in [1.54, 1.807) is 12.3 Å². The van der Waals surface area contributed by atoms with Crippen LogP contribution in [0.4, 0.5) is 0 Å². The molecule has 0 bridgehead atoms. The zero-order valence-electron chi connectivity index (χ0n) is 13.2. The molecule has 0 radical (unpaired) electrons. The van der Waals surface area contributed by atoms with E-state index in [1.807, 2.05) is 0 Å². The van der Waals surface area contributed by atoms with Crippen LogP contribution in [0.3, 0.4) is 0 Å². The number of sulfonamides is 1. The molecule has 1 saturated carbocycles. The summed E-state index contributed by atoms with van der Waals surface area (Å²) < 4.78 is 27.8. The van der Waals surface area contributed by atoms with E-state index in [-0.39, 0.29) is 11.5 Å². The molecule has 120 valence electrons. The van der Waals surface area contributed by atoms with Crippen molar-refractivity contribution >= 4 is 10.0 Å². The summed E-state index contributed by atoms with van der Waals surface area (Å²) in [6.07, 6.45) is 5.71. The van der Waals surface area contributed by atoms with Crippen molar-refractivity contribution in [1.82, 2.24) is 15.0 Å². The molecule has 1 aromatic rings. The average molecular weight is 313 g/mol. The maximum Gasteiger partial charge on any atom is 0.242 e. The van der Waals surface area contributed by atoms with Gasteiger partial charge in [0.15, 0.2) is 0 Å². The molecule has 6 heteroatoms. The minimum atomic E-state index is -3.43. The highest BCUT2D eigenvalue weighted by Gasteiger charge is 2.37. The molecule has 0 saturated heterocycles. The Kier molecular flexibility index (Phi) is 5.11. The van der Waals surface area contributed by atoms with Crippen molar-refractivity contribution < 1.29 is 8.42 Å². The van der Waals surface area contributed by atoms with Crippen LogP contribution in [-0.4, -0.2) is 26.0 Å². The van der Waals surface area contributed by atoms with Crippen LogP contribution >= 0.6 is 0 Å².